The zero-order valence-corrected chi connectivity index (χ0v) is 11.7. The van der Waals surface area contributed by atoms with Crippen molar-refractivity contribution >= 4 is 15.7 Å². The standard InChI is InChI=1S/C14H15NO4S/c1-19-12-7-8-13(14(16)9-12)15-20(17,18)10-11-5-3-2-4-6-11/h2-9,15-16H,10H2,1H3. The van der Waals surface area contributed by atoms with Crippen LogP contribution in [0.4, 0.5) is 5.69 Å². The van der Waals surface area contributed by atoms with Crippen LogP contribution in [0.5, 0.6) is 11.5 Å². The molecule has 0 bridgehead atoms. The molecule has 0 spiro atoms. The van der Waals surface area contributed by atoms with Crippen LogP contribution in [0.3, 0.4) is 0 Å². The van der Waals surface area contributed by atoms with Crippen molar-refractivity contribution in [2.45, 2.75) is 5.75 Å². The Morgan fingerprint density at radius 1 is 1.15 bits per heavy atom. The van der Waals surface area contributed by atoms with Gasteiger partial charge in [-0.15, -0.1) is 0 Å². The number of phenols is 1. The van der Waals surface area contributed by atoms with Crippen LogP contribution in [0.15, 0.2) is 48.5 Å². The van der Waals surface area contributed by atoms with Gasteiger partial charge in [-0.25, -0.2) is 8.42 Å². The second kappa shape index (κ2) is 5.83. The lowest BCUT2D eigenvalue weighted by Crippen LogP contribution is -2.15. The molecule has 0 aliphatic heterocycles. The maximum absolute atomic E-state index is 12.0. The Morgan fingerprint density at radius 3 is 2.45 bits per heavy atom. The highest BCUT2D eigenvalue weighted by atomic mass is 32.2. The van der Waals surface area contributed by atoms with E-state index in [4.69, 9.17) is 4.74 Å². The summed E-state index contributed by atoms with van der Waals surface area (Å²) in [5, 5.41) is 9.74. The molecule has 0 amide bonds. The highest BCUT2D eigenvalue weighted by Gasteiger charge is 2.14. The smallest absolute Gasteiger partial charge is 0.237 e. The first kappa shape index (κ1) is 14.2. The fourth-order valence-corrected chi connectivity index (χ4v) is 2.93. The van der Waals surface area contributed by atoms with E-state index in [0.29, 0.717) is 11.3 Å². The van der Waals surface area contributed by atoms with Gasteiger partial charge in [-0.1, -0.05) is 30.3 Å². The first-order chi connectivity index (χ1) is 9.50. The van der Waals surface area contributed by atoms with E-state index in [1.807, 2.05) is 6.07 Å². The van der Waals surface area contributed by atoms with Crippen LogP contribution < -0.4 is 9.46 Å². The summed E-state index contributed by atoms with van der Waals surface area (Å²) in [4.78, 5) is 0. The molecule has 0 aromatic heterocycles. The highest BCUT2D eigenvalue weighted by molar-refractivity contribution is 7.91. The van der Waals surface area contributed by atoms with Crippen LogP contribution in [0.25, 0.3) is 0 Å². The minimum absolute atomic E-state index is 0.127. The molecule has 5 nitrogen and oxygen atoms in total. The first-order valence-electron chi connectivity index (χ1n) is 5.91. The number of aromatic hydroxyl groups is 1. The zero-order chi connectivity index (χ0) is 14.6. The van der Waals surface area contributed by atoms with Gasteiger partial charge in [-0.05, 0) is 17.7 Å². The summed E-state index contributed by atoms with van der Waals surface area (Å²) in [6.45, 7) is 0. The summed E-state index contributed by atoms with van der Waals surface area (Å²) in [6.07, 6.45) is 0. The van der Waals surface area contributed by atoms with E-state index in [0.717, 1.165) is 0 Å². The van der Waals surface area contributed by atoms with Crippen molar-refractivity contribution in [1.29, 1.82) is 0 Å². The number of phenolic OH excluding ortho intramolecular Hbond substituents is 1. The molecule has 0 radical (unpaired) electrons. The fourth-order valence-electron chi connectivity index (χ4n) is 1.72. The van der Waals surface area contributed by atoms with E-state index in [1.54, 1.807) is 30.3 Å². The minimum atomic E-state index is -3.58. The largest absolute Gasteiger partial charge is 0.506 e. The van der Waals surface area contributed by atoms with Gasteiger partial charge in [0.25, 0.3) is 0 Å². The van der Waals surface area contributed by atoms with E-state index in [9.17, 15) is 13.5 Å². The molecule has 2 aromatic carbocycles. The molecule has 6 heteroatoms. The number of methoxy groups -OCH3 is 1. The van der Waals surface area contributed by atoms with Crippen molar-refractivity contribution in [2.75, 3.05) is 11.8 Å². The number of hydrogen-bond donors (Lipinski definition) is 2. The predicted molar refractivity (Wildman–Crippen MR) is 77.3 cm³/mol. The number of sulfonamides is 1. The number of nitrogens with one attached hydrogen (secondary N) is 1. The molecule has 2 rings (SSSR count). The maximum atomic E-state index is 12.0. The van der Waals surface area contributed by atoms with Crippen LogP contribution >= 0.6 is 0 Å². The van der Waals surface area contributed by atoms with Crippen LogP contribution in [0, 0.1) is 0 Å². The second-order valence-corrected chi connectivity index (χ2v) is 5.95. The van der Waals surface area contributed by atoms with Crippen molar-refractivity contribution in [3.05, 3.63) is 54.1 Å². The van der Waals surface area contributed by atoms with E-state index >= 15 is 0 Å². The average molecular weight is 293 g/mol. The van der Waals surface area contributed by atoms with Gasteiger partial charge in [0.2, 0.25) is 10.0 Å². The zero-order valence-electron chi connectivity index (χ0n) is 10.9. The van der Waals surface area contributed by atoms with Gasteiger partial charge in [0, 0.05) is 6.07 Å². The lowest BCUT2D eigenvalue weighted by molar-refractivity contribution is 0.408. The van der Waals surface area contributed by atoms with Gasteiger partial charge in [0.05, 0.1) is 18.6 Å². The molecule has 0 fully saturated rings. The van der Waals surface area contributed by atoms with Crippen LogP contribution in [0.1, 0.15) is 5.56 Å². The fraction of sp³-hybridized carbons (Fsp3) is 0.143. The molecular weight excluding hydrogens is 278 g/mol. The van der Waals surface area contributed by atoms with Crippen molar-refractivity contribution in [2.24, 2.45) is 0 Å². The van der Waals surface area contributed by atoms with Crippen LogP contribution in [0.2, 0.25) is 0 Å². The molecule has 0 unspecified atom stereocenters. The molecule has 0 saturated heterocycles. The summed E-state index contributed by atoms with van der Waals surface area (Å²) < 4.78 is 31.3. The number of hydrogen-bond acceptors (Lipinski definition) is 4. The lowest BCUT2D eigenvalue weighted by Gasteiger charge is -2.10. The minimum Gasteiger partial charge on any atom is -0.506 e. The molecule has 0 aliphatic rings. The quantitative estimate of drug-likeness (QED) is 0.830. The second-order valence-electron chi connectivity index (χ2n) is 4.23. The molecule has 0 saturated carbocycles. The van der Waals surface area contributed by atoms with Crippen LogP contribution in [-0.2, 0) is 15.8 Å². The Labute approximate surface area is 117 Å². The summed E-state index contributed by atoms with van der Waals surface area (Å²) in [6, 6.07) is 13.2. The van der Waals surface area contributed by atoms with Crippen molar-refractivity contribution in [3.63, 3.8) is 0 Å². The Bertz CT molecular complexity index is 684. The van der Waals surface area contributed by atoms with Gasteiger partial charge in [0.15, 0.2) is 0 Å². The summed E-state index contributed by atoms with van der Waals surface area (Å²) in [5.74, 6) is 0.119. The molecule has 106 valence electrons. The third-order valence-electron chi connectivity index (χ3n) is 2.67. The summed E-state index contributed by atoms with van der Waals surface area (Å²) in [7, 11) is -2.11. The molecule has 2 N–H and O–H groups in total. The first-order valence-corrected chi connectivity index (χ1v) is 7.57. The molecule has 2 aromatic rings. The van der Waals surface area contributed by atoms with E-state index < -0.39 is 10.0 Å². The molecular formula is C14H15NO4S. The predicted octanol–water partition coefficient (Wildman–Crippen LogP) is 2.34. The number of benzene rings is 2. The van der Waals surface area contributed by atoms with Crippen molar-refractivity contribution in [3.8, 4) is 11.5 Å². The topological polar surface area (TPSA) is 75.6 Å². The Kier molecular flexibility index (Phi) is 4.14. The molecule has 20 heavy (non-hydrogen) atoms. The van der Waals surface area contributed by atoms with Gasteiger partial charge in [-0.2, -0.15) is 0 Å². The maximum Gasteiger partial charge on any atom is 0.237 e. The summed E-state index contributed by atoms with van der Waals surface area (Å²) in [5.41, 5.74) is 0.801. The average Bonchev–Trinajstić information content (AvgIpc) is 2.41. The van der Waals surface area contributed by atoms with E-state index in [1.165, 1.54) is 19.2 Å². The lowest BCUT2D eigenvalue weighted by atomic mass is 10.2. The Hall–Kier alpha value is -2.21. The Balaban J connectivity index is 2.16. The molecule has 0 aliphatic carbocycles. The van der Waals surface area contributed by atoms with Gasteiger partial charge in [-0.3, -0.25) is 4.72 Å². The number of anilines is 1. The van der Waals surface area contributed by atoms with E-state index in [-0.39, 0.29) is 17.2 Å². The Morgan fingerprint density at radius 2 is 1.85 bits per heavy atom. The third-order valence-corrected chi connectivity index (χ3v) is 3.91. The number of rotatable bonds is 5. The molecule has 0 atom stereocenters. The number of ether oxygens (including phenoxy) is 1. The van der Waals surface area contributed by atoms with Gasteiger partial charge < -0.3 is 9.84 Å². The molecule has 0 heterocycles. The van der Waals surface area contributed by atoms with Gasteiger partial charge >= 0.3 is 0 Å². The normalized spacial score (nSPS) is 11.1. The van der Waals surface area contributed by atoms with Crippen molar-refractivity contribution in [1.82, 2.24) is 0 Å². The SMILES string of the molecule is COc1ccc(NS(=O)(=O)Cc2ccccc2)c(O)c1. The van der Waals surface area contributed by atoms with Crippen LogP contribution in [-0.4, -0.2) is 20.6 Å². The van der Waals surface area contributed by atoms with Gasteiger partial charge in [0.1, 0.15) is 11.5 Å². The third kappa shape index (κ3) is 3.64. The van der Waals surface area contributed by atoms with E-state index in [2.05, 4.69) is 4.72 Å². The highest BCUT2D eigenvalue weighted by Crippen LogP contribution is 2.29. The monoisotopic (exact) mass is 293 g/mol. The van der Waals surface area contributed by atoms with Crippen molar-refractivity contribution < 1.29 is 18.3 Å². The summed E-state index contributed by atoms with van der Waals surface area (Å²) >= 11 is 0.